The first-order chi connectivity index (χ1) is 16.9. The number of methoxy groups -OCH3 is 1. The van der Waals surface area contributed by atoms with E-state index in [1.807, 2.05) is 38.1 Å². The Morgan fingerprint density at radius 1 is 1.06 bits per heavy atom. The summed E-state index contributed by atoms with van der Waals surface area (Å²) in [7, 11) is 1.50. The third-order valence-electron chi connectivity index (χ3n) is 5.29. The number of hydrogen-bond donors (Lipinski definition) is 1. The van der Waals surface area contributed by atoms with E-state index in [1.165, 1.54) is 17.6 Å². The number of carbonyl (C=O) groups is 1. The molecule has 35 heavy (non-hydrogen) atoms. The van der Waals surface area contributed by atoms with Crippen LogP contribution >= 0.6 is 0 Å². The first-order valence-corrected chi connectivity index (χ1v) is 10.7. The van der Waals surface area contributed by atoms with Crippen molar-refractivity contribution in [2.24, 2.45) is 0 Å². The highest BCUT2D eigenvalue weighted by molar-refractivity contribution is 6.09. The minimum Gasteiger partial charge on any atom is -0.493 e. The summed E-state index contributed by atoms with van der Waals surface area (Å²) in [6.45, 7) is 3.75. The molecule has 2 aromatic heterocycles. The number of ether oxygens (including phenoxy) is 2. The van der Waals surface area contributed by atoms with E-state index in [0.29, 0.717) is 22.8 Å². The van der Waals surface area contributed by atoms with Gasteiger partial charge in [-0.15, -0.1) is 0 Å². The lowest BCUT2D eigenvalue weighted by molar-refractivity contribution is -0.112. The number of nitrogens with zero attached hydrogens (tertiary/aromatic N) is 3. The number of carbonyl (C=O) groups excluding carboxylic acids is 1. The molecule has 0 atom stereocenters. The maximum atomic E-state index is 13.4. The number of para-hydroxylation sites is 2. The van der Waals surface area contributed by atoms with Gasteiger partial charge in [0.25, 0.3) is 11.5 Å². The third-order valence-corrected chi connectivity index (χ3v) is 5.29. The molecule has 8 nitrogen and oxygen atoms in total. The fraction of sp³-hybridized carbons (Fsp3) is 0.111. The first kappa shape index (κ1) is 23.3. The van der Waals surface area contributed by atoms with Crippen molar-refractivity contribution in [1.82, 2.24) is 9.38 Å². The van der Waals surface area contributed by atoms with E-state index >= 15 is 0 Å². The average molecular weight is 466 g/mol. The van der Waals surface area contributed by atoms with Gasteiger partial charge >= 0.3 is 0 Å². The van der Waals surface area contributed by atoms with E-state index in [1.54, 1.807) is 48.7 Å². The highest BCUT2D eigenvalue weighted by atomic mass is 16.5. The van der Waals surface area contributed by atoms with Crippen LogP contribution in [0.15, 0.2) is 77.2 Å². The molecule has 8 heteroatoms. The van der Waals surface area contributed by atoms with Gasteiger partial charge in [0.2, 0.25) is 5.88 Å². The van der Waals surface area contributed by atoms with Crippen molar-refractivity contribution in [2.45, 2.75) is 13.8 Å². The summed E-state index contributed by atoms with van der Waals surface area (Å²) in [5.41, 5.74) is 1.89. The molecule has 0 aliphatic rings. The van der Waals surface area contributed by atoms with E-state index in [9.17, 15) is 14.9 Å². The second kappa shape index (κ2) is 9.93. The van der Waals surface area contributed by atoms with Gasteiger partial charge in [-0.05, 0) is 55.8 Å². The van der Waals surface area contributed by atoms with Crippen LogP contribution in [0.1, 0.15) is 16.7 Å². The molecule has 174 valence electrons. The van der Waals surface area contributed by atoms with Crippen LogP contribution in [-0.2, 0) is 4.79 Å². The standard InChI is InChI=1S/C27H22N4O4/c1-17-10-12-20(13-11-17)29-25(32)19(16-28)15-21-26(35-23-9-5-4-8-22(23)34-3)30-24-18(2)7-6-14-31(24)27(21)33/h4-15H,1-3H3,(H,29,32)/b19-15+. The largest absolute Gasteiger partial charge is 0.493 e. The van der Waals surface area contributed by atoms with Gasteiger partial charge in [0.15, 0.2) is 11.5 Å². The fourth-order valence-corrected chi connectivity index (χ4v) is 3.43. The Morgan fingerprint density at radius 2 is 1.77 bits per heavy atom. The lowest BCUT2D eigenvalue weighted by atomic mass is 10.1. The van der Waals surface area contributed by atoms with Crippen molar-refractivity contribution in [3.8, 4) is 23.4 Å². The number of nitrogens with one attached hydrogen (secondary N) is 1. The predicted octanol–water partition coefficient (Wildman–Crippen LogP) is 4.66. The van der Waals surface area contributed by atoms with Crippen LogP contribution in [-0.4, -0.2) is 22.4 Å². The van der Waals surface area contributed by atoms with Crippen molar-refractivity contribution in [2.75, 3.05) is 12.4 Å². The predicted molar refractivity (Wildman–Crippen MR) is 133 cm³/mol. The number of benzene rings is 2. The fourth-order valence-electron chi connectivity index (χ4n) is 3.43. The maximum Gasteiger partial charge on any atom is 0.269 e. The Hall–Kier alpha value is -4.90. The van der Waals surface area contributed by atoms with Crippen LogP contribution in [0.2, 0.25) is 0 Å². The molecule has 0 saturated carbocycles. The van der Waals surface area contributed by atoms with Crippen molar-refractivity contribution in [1.29, 1.82) is 5.26 Å². The third kappa shape index (κ3) is 4.89. The molecule has 4 rings (SSSR count). The Kier molecular flexibility index (Phi) is 6.60. The number of anilines is 1. The maximum absolute atomic E-state index is 13.4. The molecule has 0 spiro atoms. The molecule has 0 bridgehead atoms. The summed E-state index contributed by atoms with van der Waals surface area (Å²) < 4.78 is 12.7. The average Bonchev–Trinajstić information content (AvgIpc) is 2.86. The topological polar surface area (TPSA) is 106 Å². The molecule has 2 aromatic carbocycles. The van der Waals surface area contributed by atoms with Gasteiger partial charge in [0.1, 0.15) is 22.9 Å². The number of hydrogen-bond acceptors (Lipinski definition) is 6. The Labute approximate surface area is 201 Å². The lowest BCUT2D eigenvalue weighted by Gasteiger charge is -2.13. The first-order valence-electron chi connectivity index (χ1n) is 10.7. The molecule has 0 unspecified atom stereocenters. The van der Waals surface area contributed by atoms with Crippen molar-refractivity contribution in [3.63, 3.8) is 0 Å². The summed E-state index contributed by atoms with van der Waals surface area (Å²) in [5, 5.41) is 12.4. The van der Waals surface area contributed by atoms with Gasteiger partial charge < -0.3 is 14.8 Å². The molecule has 2 heterocycles. The second-order valence-electron chi connectivity index (χ2n) is 7.76. The molecule has 0 saturated heterocycles. The van der Waals surface area contributed by atoms with Gasteiger partial charge in [-0.1, -0.05) is 35.9 Å². The zero-order valence-corrected chi connectivity index (χ0v) is 19.4. The van der Waals surface area contributed by atoms with Crippen LogP contribution in [0.3, 0.4) is 0 Å². The molecular formula is C27H22N4O4. The zero-order chi connectivity index (χ0) is 24.9. The number of amides is 1. The summed E-state index contributed by atoms with van der Waals surface area (Å²) >= 11 is 0. The van der Waals surface area contributed by atoms with E-state index in [2.05, 4.69) is 10.3 Å². The van der Waals surface area contributed by atoms with Gasteiger partial charge in [-0.3, -0.25) is 14.0 Å². The summed E-state index contributed by atoms with van der Waals surface area (Å²) in [5.74, 6) is 0.0574. The SMILES string of the molecule is COc1ccccc1Oc1nc2c(C)cccn2c(=O)c1/C=C(\C#N)C(=O)Nc1ccc(C)cc1. The highest BCUT2D eigenvalue weighted by Crippen LogP contribution is 2.32. The molecule has 0 aliphatic heterocycles. The van der Waals surface area contributed by atoms with Gasteiger partial charge in [-0.25, -0.2) is 0 Å². The number of rotatable bonds is 6. The van der Waals surface area contributed by atoms with Crippen molar-refractivity contribution >= 4 is 23.3 Å². The Morgan fingerprint density at radius 3 is 2.46 bits per heavy atom. The number of aryl methyl sites for hydroxylation is 2. The van der Waals surface area contributed by atoms with Crippen LogP contribution in [0, 0.1) is 25.2 Å². The normalized spacial score (nSPS) is 11.1. The van der Waals surface area contributed by atoms with E-state index in [4.69, 9.17) is 9.47 Å². The van der Waals surface area contributed by atoms with Crippen LogP contribution in [0.4, 0.5) is 5.69 Å². The minimum absolute atomic E-state index is 0.0467. The second-order valence-corrected chi connectivity index (χ2v) is 7.76. The summed E-state index contributed by atoms with van der Waals surface area (Å²) in [6, 6.07) is 19.5. The molecular weight excluding hydrogens is 444 g/mol. The van der Waals surface area contributed by atoms with Crippen molar-refractivity contribution < 1.29 is 14.3 Å². The number of pyridine rings is 1. The highest BCUT2D eigenvalue weighted by Gasteiger charge is 2.19. The van der Waals surface area contributed by atoms with Gasteiger partial charge in [0.05, 0.1) is 7.11 Å². The van der Waals surface area contributed by atoms with Gasteiger partial charge in [-0.2, -0.15) is 10.2 Å². The lowest BCUT2D eigenvalue weighted by Crippen LogP contribution is -2.20. The molecule has 0 radical (unpaired) electrons. The Bertz CT molecular complexity index is 1550. The quantitative estimate of drug-likeness (QED) is 0.327. The van der Waals surface area contributed by atoms with E-state index < -0.39 is 11.5 Å². The monoisotopic (exact) mass is 466 g/mol. The van der Waals surface area contributed by atoms with E-state index in [0.717, 1.165) is 11.1 Å². The molecule has 4 aromatic rings. The Balaban J connectivity index is 1.84. The smallest absolute Gasteiger partial charge is 0.269 e. The minimum atomic E-state index is -0.659. The van der Waals surface area contributed by atoms with Crippen LogP contribution in [0.25, 0.3) is 11.7 Å². The van der Waals surface area contributed by atoms with Crippen LogP contribution < -0.4 is 20.3 Å². The summed E-state index contributed by atoms with van der Waals surface area (Å²) in [4.78, 5) is 30.8. The number of fused-ring (bicyclic) bond motifs is 1. The summed E-state index contributed by atoms with van der Waals surface area (Å²) in [6.07, 6.45) is 2.76. The van der Waals surface area contributed by atoms with E-state index in [-0.39, 0.29) is 17.0 Å². The molecule has 0 aliphatic carbocycles. The molecule has 0 fully saturated rings. The molecule has 1 N–H and O–H groups in total. The number of aromatic nitrogens is 2. The van der Waals surface area contributed by atoms with Gasteiger partial charge in [0, 0.05) is 11.9 Å². The zero-order valence-electron chi connectivity index (χ0n) is 19.4. The van der Waals surface area contributed by atoms with Crippen LogP contribution in [0.5, 0.6) is 17.4 Å². The van der Waals surface area contributed by atoms with Crippen molar-refractivity contribution in [3.05, 3.63) is 99.5 Å². The number of nitriles is 1. The molecule has 1 amide bonds.